The lowest BCUT2D eigenvalue weighted by Crippen LogP contribution is -3.12. The van der Waals surface area contributed by atoms with Crippen LogP contribution in [0.3, 0.4) is 0 Å². The van der Waals surface area contributed by atoms with Crippen molar-refractivity contribution in [2.45, 2.75) is 25.0 Å². The third-order valence-corrected chi connectivity index (χ3v) is 4.45. The maximum atomic E-state index is 12.8. The quantitative estimate of drug-likeness (QED) is 0.875. The van der Waals surface area contributed by atoms with Crippen LogP contribution >= 0.6 is 0 Å². The Morgan fingerprint density at radius 2 is 2.14 bits per heavy atom. The van der Waals surface area contributed by atoms with Crippen LogP contribution in [0.15, 0.2) is 48.9 Å². The number of carbonyl (C=O) groups excluding carboxylic acids is 1. The molecule has 2 aliphatic heterocycles. The molecule has 1 amide bonds. The molecule has 2 saturated heterocycles. The van der Waals surface area contributed by atoms with Gasteiger partial charge in [-0.3, -0.25) is 9.78 Å². The minimum atomic E-state index is -0.00593. The van der Waals surface area contributed by atoms with Crippen LogP contribution in [-0.4, -0.2) is 28.5 Å². The predicted octanol–water partition coefficient (Wildman–Crippen LogP) is 0.569. The van der Waals surface area contributed by atoms with Gasteiger partial charge in [0.05, 0.1) is 12.1 Å². The Bertz CT molecular complexity index is 646. The number of anilines is 1. The molecule has 0 spiro atoms. The molecule has 1 N–H and O–H groups in total. The van der Waals surface area contributed by atoms with Crippen molar-refractivity contribution in [1.82, 2.24) is 9.97 Å². The fourth-order valence-corrected chi connectivity index (χ4v) is 3.58. The van der Waals surface area contributed by atoms with E-state index < -0.39 is 0 Å². The van der Waals surface area contributed by atoms with Gasteiger partial charge in [-0.15, -0.1) is 0 Å². The third kappa shape index (κ3) is 1.93. The van der Waals surface area contributed by atoms with Crippen LogP contribution in [0.2, 0.25) is 0 Å². The number of pyridine rings is 2. The van der Waals surface area contributed by atoms with Gasteiger partial charge in [0, 0.05) is 31.4 Å². The first-order chi connectivity index (χ1) is 10.4. The summed E-state index contributed by atoms with van der Waals surface area (Å²) in [6, 6.07) is 9.75. The van der Waals surface area contributed by atoms with Crippen molar-refractivity contribution < 1.29 is 9.69 Å². The molecular weight excluding hydrogens is 264 g/mol. The van der Waals surface area contributed by atoms with Gasteiger partial charge in [0.25, 0.3) is 5.91 Å². The predicted molar refractivity (Wildman–Crippen MR) is 77.6 cm³/mol. The first-order valence-electron chi connectivity index (χ1n) is 7.36. The third-order valence-electron chi connectivity index (χ3n) is 4.45. The summed E-state index contributed by atoms with van der Waals surface area (Å²) >= 11 is 0. The van der Waals surface area contributed by atoms with Gasteiger partial charge in [0.15, 0.2) is 12.2 Å². The molecule has 2 aromatic rings. The van der Waals surface area contributed by atoms with Crippen molar-refractivity contribution in [3.05, 3.63) is 54.5 Å². The number of fused-ring (bicyclic) bond motifs is 1. The Kier molecular flexibility index (Phi) is 2.93. The van der Waals surface area contributed by atoms with Crippen LogP contribution in [0.1, 0.15) is 24.6 Å². The SMILES string of the molecule is O=C1[C@H]2CCC[NH+]2[C@H](c2cccnc2)N1c1ccccn1. The van der Waals surface area contributed by atoms with Crippen molar-refractivity contribution in [3.8, 4) is 0 Å². The van der Waals surface area contributed by atoms with Crippen LogP contribution in [0.25, 0.3) is 0 Å². The van der Waals surface area contributed by atoms with Gasteiger partial charge in [-0.1, -0.05) is 6.07 Å². The van der Waals surface area contributed by atoms with E-state index >= 15 is 0 Å². The van der Waals surface area contributed by atoms with Gasteiger partial charge < -0.3 is 4.90 Å². The first-order valence-corrected chi connectivity index (χ1v) is 7.36. The largest absolute Gasteiger partial charge is 0.301 e. The molecule has 0 radical (unpaired) electrons. The Morgan fingerprint density at radius 3 is 2.90 bits per heavy atom. The van der Waals surface area contributed by atoms with E-state index in [0.29, 0.717) is 0 Å². The van der Waals surface area contributed by atoms with E-state index in [2.05, 4.69) is 16.0 Å². The average molecular weight is 281 g/mol. The molecular formula is C16H17N4O+. The van der Waals surface area contributed by atoms with Crippen molar-refractivity contribution in [2.75, 3.05) is 11.4 Å². The Hall–Kier alpha value is -2.27. The van der Waals surface area contributed by atoms with Gasteiger partial charge >= 0.3 is 0 Å². The molecule has 0 aliphatic carbocycles. The number of amides is 1. The van der Waals surface area contributed by atoms with E-state index in [9.17, 15) is 4.79 Å². The van der Waals surface area contributed by atoms with Crippen LogP contribution in [0.4, 0.5) is 5.82 Å². The minimum absolute atomic E-state index is 0.00593. The number of hydrogen-bond acceptors (Lipinski definition) is 3. The Labute approximate surface area is 123 Å². The van der Waals surface area contributed by atoms with Gasteiger partial charge in [0.2, 0.25) is 0 Å². The number of nitrogens with one attached hydrogen (secondary N) is 1. The summed E-state index contributed by atoms with van der Waals surface area (Å²) in [5.41, 5.74) is 1.08. The number of aromatic nitrogens is 2. The average Bonchev–Trinajstić information content (AvgIpc) is 3.11. The van der Waals surface area contributed by atoms with E-state index in [1.807, 2.05) is 35.4 Å². The standard InChI is InChI=1S/C16H16N4O/c21-16-13-6-4-10-19(13)15(12-5-3-8-17-11-12)20(16)14-7-1-2-9-18-14/h1-3,5,7-9,11,13,15H,4,6,10H2/p+1/t13-,15+/m1/s1. The molecule has 0 aromatic carbocycles. The maximum Gasteiger partial charge on any atom is 0.291 e. The highest BCUT2D eigenvalue weighted by atomic mass is 16.2. The number of rotatable bonds is 2. The molecule has 2 fully saturated rings. The second-order valence-corrected chi connectivity index (χ2v) is 5.60. The fourth-order valence-electron chi connectivity index (χ4n) is 3.58. The van der Waals surface area contributed by atoms with Crippen LogP contribution < -0.4 is 9.80 Å². The van der Waals surface area contributed by atoms with Crippen LogP contribution in [0.5, 0.6) is 0 Å². The molecule has 1 unspecified atom stereocenters. The van der Waals surface area contributed by atoms with Crippen LogP contribution in [-0.2, 0) is 4.79 Å². The zero-order valence-electron chi connectivity index (χ0n) is 11.6. The summed E-state index contributed by atoms with van der Waals surface area (Å²) in [4.78, 5) is 24.6. The lowest BCUT2D eigenvalue weighted by Gasteiger charge is -2.25. The summed E-state index contributed by atoms with van der Waals surface area (Å²) in [5, 5.41) is 0. The number of nitrogens with zero attached hydrogens (tertiary/aromatic N) is 3. The lowest BCUT2D eigenvalue weighted by atomic mass is 10.2. The molecule has 0 saturated carbocycles. The molecule has 4 heterocycles. The zero-order chi connectivity index (χ0) is 14.2. The van der Waals surface area contributed by atoms with Crippen LogP contribution in [0, 0.1) is 0 Å². The van der Waals surface area contributed by atoms with Gasteiger partial charge in [-0.25, -0.2) is 9.88 Å². The van der Waals surface area contributed by atoms with E-state index in [0.717, 1.165) is 30.8 Å². The zero-order valence-corrected chi connectivity index (χ0v) is 11.6. The molecule has 2 aromatic heterocycles. The van der Waals surface area contributed by atoms with Gasteiger partial charge in [-0.2, -0.15) is 0 Å². The van der Waals surface area contributed by atoms with Crippen molar-refractivity contribution in [1.29, 1.82) is 0 Å². The second kappa shape index (κ2) is 4.93. The molecule has 106 valence electrons. The molecule has 21 heavy (non-hydrogen) atoms. The normalized spacial score (nSPS) is 27.9. The topological polar surface area (TPSA) is 50.5 Å². The van der Waals surface area contributed by atoms with Crippen molar-refractivity contribution in [2.24, 2.45) is 0 Å². The summed E-state index contributed by atoms with van der Waals surface area (Å²) in [5.74, 6) is 0.924. The second-order valence-electron chi connectivity index (χ2n) is 5.60. The Balaban J connectivity index is 1.81. The summed E-state index contributed by atoms with van der Waals surface area (Å²) in [6.07, 6.45) is 7.44. The van der Waals surface area contributed by atoms with E-state index in [1.54, 1.807) is 12.4 Å². The van der Waals surface area contributed by atoms with E-state index in [1.165, 1.54) is 4.90 Å². The molecule has 5 heteroatoms. The highest BCUT2D eigenvalue weighted by molar-refractivity contribution is 5.97. The summed E-state index contributed by atoms with van der Waals surface area (Å²) in [6.45, 7) is 1.03. The first kappa shape index (κ1) is 12.5. The maximum absolute atomic E-state index is 12.8. The van der Waals surface area contributed by atoms with Crippen molar-refractivity contribution in [3.63, 3.8) is 0 Å². The molecule has 0 bridgehead atoms. The van der Waals surface area contributed by atoms with E-state index in [-0.39, 0.29) is 18.1 Å². The van der Waals surface area contributed by atoms with Gasteiger partial charge in [-0.05, 0) is 24.3 Å². The molecule has 2 aliphatic rings. The molecule has 3 atom stereocenters. The highest BCUT2D eigenvalue weighted by Gasteiger charge is 2.54. The lowest BCUT2D eigenvalue weighted by molar-refractivity contribution is -0.924. The fraction of sp³-hybridized carbons (Fsp3) is 0.312. The highest BCUT2D eigenvalue weighted by Crippen LogP contribution is 2.28. The Morgan fingerprint density at radius 1 is 1.19 bits per heavy atom. The van der Waals surface area contributed by atoms with Crippen molar-refractivity contribution >= 4 is 11.7 Å². The molecule has 4 rings (SSSR count). The number of carbonyl (C=O) groups is 1. The van der Waals surface area contributed by atoms with Gasteiger partial charge in [0.1, 0.15) is 5.82 Å². The number of hydrogen-bond donors (Lipinski definition) is 1. The summed E-state index contributed by atoms with van der Waals surface area (Å²) < 4.78 is 0. The molecule has 5 nitrogen and oxygen atoms in total. The minimum Gasteiger partial charge on any atom is -0.301 e. The number of quaternary nitrogens is 1. The summed E-state index contributed by atoms with van der Waals surface area (Å²) in [7, 11) is 0. The monoisotopic (exact) mass is 281 g/mol. The smallest absolute Gasteiger partial charge is 0.291 e. The van der Waals surface area contributed by atoms with E-state index in [4.69, 9.17) is 0 Å².